The van der Waals surface area contributed by atoms with Crippen LogP contribution in [0.5, 0.6) is 0 Å². The van der Waals surface area contributed by atoms with Gasteiger partial charge in [-0.15, -0.1) is 0 Å². The van der Waals surface area contributed by atoms with E-state index >= 15 is 0 Å². The predicted octanol–water partition coefficient (Wildman–Crippen LogP) is 3.49. The Bertz CT molecular complexity index is 209. The average molecular weight is 207 g/mol. The molecule has 0 radical (unpaired) electrons. The third-order valence-electron chi connectivity index (χ3n) is 4.95. The lowest BCUT2D eigenvalue weighted by molar-refractivity contribution is 0.0917. The number of hydrogen-bond acceptors (Lipinski definition) is 1. The van der Waals surface area contributed by atoms with Gasteiger partial charge < -0.3 is 5.32 Å². The molecule has 0 amide bonds. The lowest BCUT2D eigenvalue weighted by Crippen LogP contribution is -2.41. The molecule has 0 heterocycles. The van der Waals surface area contributed by atoms with E-state index < -0.39 is 0 Å². The molecule has 3 rings (SSSR count). The first kappa shape index (κ1) is 10.1. The van der Waals surface area contributed by atoms with Gasteiger partial charge in [0.25, 0.3) is 0 Å². The Balaban J connectivity index is 1.49. The van der Waals surface area contributed by atoms with Gasteiger partial charge in [0.2, 0.25) is 0 Å². The zero-order valence-corrected chi connectivity index (χ0v) is 9.93. The number of hydrogen-bond donors (Lipinski definition) is 1. The topological polar surface area (TPSA) is 12.0 Å². The maximum absolute atomic E-state index is 3.77. The Kier molecular flexibility index (Phi) is 2.76. The van der Waals surface area contributed by atoms with Crippen LogP contribution in [-0.2, 0) is 0 Å². The quantitative estimate of drug-likeness (QED) is 0.727. The van der Waals surface area contributed by atoms with Crippen LogP contribution in [0.15, 0.2) is 0 Å². The van der Waals surface area contributed by atoms with Crippen LogP contribution in [0, 0.1) is 11.3 Å². The minimum absolute atomic E-state index is 0.748. The Morgan fingerprint density at radius 1 is 0.933 bits per heavy atom. The van der Waals surface area contributed by atoms with E-state index in [-0.39, 0.29) is 0 Å². The molecule has 3 aliphatic rings. The molecule has 0 aliphatic heterocycles. The second kappa shape index (κ2) is 4.08. The second-order valence-electron chi connectivity index (χ2n) is 6.36. The van der Waals surface area contributed by atoms with Crippen LogP contribution in [0.3, 0.4) is 0 Å². The molecule has 1 heteroatoms. The summed E-state index contributed by atoms with van der Waals surface area (Å²) in [5.74, 6) is 1.09. The summed E-state index contributed by atoms with van der Waals surface area (Å²) in [5.41, 5.74) is 0.748. The molecule has 0 bridgehead atoms. The Morgan fingerprint density at radius 2 is 1.67 bits per heavy atom. The van der Waals surface area contributed by atoms with E-state index in [0.29, 0.717) is 0 Å². The van der Waals surface area contributed by atoms with Crippen molar-refractivity contribution in [3.05, 3.63) is 0 Å². The Hall–Kier alpha value is -0.0400. The summed E-state index contributed by atoms with van der Waals surface area (Å²) >= 11 is 0. The van der Waals surface area contributed by atoms with Gasteiger partial charge >= 0.3 is 0 Å². The van der Waals surface area contributed by atoms with Crippen LogP contribution in [0.2, 0.25) is 0 Å². The fraction of sp³-hybridized carbons (Fsp3) is 1.00. The van der Waals surface area contributed by atoms with E-state index in [9.17, 15) is 0 Å². The van der Waals surface area contributed by atoms with Crippen molar-refractivity contribution in [3.63, 3.8) is 0 Å². The lowest BCUT2D eigenvalue weighted by atomic mass is 9.64. The molecule has 0 aromatic rings. The van der Waals surface area contributed by atoms with E-state index in [1.165, 1.54) is 64.3 Å². The first-order valence-corrected chi connectivity index (χ1v) is 7.10. The minimum atomic E-state index is 0.748. The van der Waals surface area contributed by atoms with Gasteiger partial charge in [0.05, 0.1) is 0 Å². The molecular weight excluding hydrogens is 182 g/mol. The molecule has 0 saturated heterocycles. The summed E-state index contributed by atoms with van der Waals surface area (Å²) in [6, 6.07) is 0.908. The SMILES string of the molecule is C1CCC(CC2(CNC3CC3)CCC2)C1. The standard InChI is InChI=1S/C14H25N/c1-2-5-12(4-1)10-14(8-3-9-14)11-15-13-6-7-13/h12-13,15H,1-11H2. The first-order valence-electron chi connectivity index (χ1n) is 7.10. The fourth-order valence-electron chi connectivity index (χ4n) is 3.61. The van der Waals surface area contributed by atoms with Crippen molar-refractivity contribution in [2.75, 3.05) is 6.54 Å². The maximum atomic E-state index is 3.77. The molecule has 0 aromatic heterocycles. The van der Waals surface area contributed by atoms with Crippen molar-refractivity contribution in [2.24, 2.45) is 11.3 Å². The van der Waals surface area contributed by atoms with Gasteiger partial charge in [-0.05, 0) is 43.4 Å². The van der Waals surface area contributed by atoms with E-state index in [1.807, 2.05) is 0 Å². The maximum Gasteiger partial charge on any atom is 0.00684 e. The van der Waals surface area contributed by atoms with Gasteiger partial charge in [-0.3, -0.25) is 0 Å². The normalized spacial score (nSPS) is 30.4. The van der Waals surface area contributed by atoms with Gasteiger partial charge in [0, 0.05) is 12.6 Å². The summed E-state index contributed by atoms with van der Waals surface area (Å²) in [6.45, 7) is 1.34. The van der Waals surface area contributed by atoms with Crippen LogP contribution >= 0.6 is 0 Å². The third-order valence-corrected chi connectivity index (χ3v) is 4.95. The van der Waals surface area contributed by atoms with Crippen LogP contribution < -0.4 is 5.32 Å². The highest BCUT2D eigenvalue weighted by Gasteiger charge is 2.40. The van der Waals surface area contributed by atoms with Gasteiger partial charge in [0.1, 0.15) is 0 Å². The summed E-state index contributed by atoms with van der Waals surface area (Å²) in [7, 11) is 0. The smallest absolute Gasteiger partial charge is 0.00684 e. The van der Waals surface area contributed by atoms with E-state index in [1.54, 1.807) is 6.42 Å². The van der Waals surface area contributed by atoms with Crippen LogP contribution in [0.1, 0.15) is 64.2 Å². The zero-order valence-electron chi connectivity index (χ0n) is 9.93. The molecule has 86 valence electrons. The van der Waals surface area contributed by atoms with Crippen molar-refractivity contribution in [1.29, 1.82) is 0 Å². The highest BCUT2D eigenvalue weighted by molar-refractivity contribution is 4.94. The molecule has 3 aliphatic carbocycles. The minimum Gasteiger partial charge on any atom is -0.313 e. The number of rotatable bonds is 5. The van der Waals surface area contributed by atoms with E-state index in [2.05, 4.69) is 5.32 Å². The van der Waals surface area contributed by atoms with Crippen molar-refractivity contribution in [2.45, 2.75) is 70.3 Å². The van der Waals surface area contributed by atoms with Gasteiger partial charge in [-0.25, -0.2) is 0 Å². The molecule has 0 aromatic carbocycles. The second-order valence-corrected chi connectivity index (χ2v) is 6.36. The Morgan fingerprint density at radius 3 is 2.20 bits per heavy atom. The van der Waals surface area contributed by atoms with Crippen molar-refractivity contribution in [1.82, 2.24) is 5.32 Å². The number of nitrogens with one attached hydrogen (secondary N) is 1. The largest absolute Gasteiger partial charge is 0.313 e. The van der Waals surface area contributed by atoms with Crippen LogP contribution in [-0.4, -0.2) is 12.6 Å². The highest BCUT2D eigenvalue weighted by atomic mass is 15.0. The zero-order chi connectivity index (χ0) is 10.1. The van der Waals surface area contributed by atoms with Crippen molar-refractivity contribution in [3.8, 4) is 0 Å². The van der Waals surface area contributed by atoms with Gasteiger partial charge in [-0.1, -0.05) is 32.1 Å². The van der Waals surface area contributed by atoms with E-state index in [0.717, 1.165) is 17.4 Å². The van der Waals surface area contributed by atoms with Crippen molar-refractivity contribution >= 4 is 0 Å². The predicted molar refractivity (Wildman–Crippen MR) is 63.9 cm³/mol. The average Bonchev–Trinajstić information content (AvgIpc) is 2.87. The molecule has 15 heavy (non-hydrogen) atoms. The first-order chi connectivity index (χ1) is 7.36. The van der Waals surface area contributed by atoms with E-state index in [4.69, 9.17) is 0 Å². The van der Waals surface area contributed by atoms with Gasteiger partial charge in [0.15, 0.2) is 0 Å². The Labute approximate surface area is 94.0 Å². The summed E-state index contributed by atoms with van der Waals surface area (Å²) in [6.07, 6.45) is 15.1. The summed E-state index contributed by atoms with van der Waals surface area (Å²) in [4.78, 5) is 0. The fourth-order valence-corrected chi connectivity index (χ4v) is 3.61. The highest BCUT2D eigenvalue weighted by Crippen LogP contribution is 2.48. The molecule has 1 nitrogen and oxygen atoms in total. The molecule has 1 N–H and O–H groups in total. The molecule has 0 spiro atoms. The summed E-state index contributed by atoms with van der Waals surface area (Å²) < 4.78 is 0. The molecule has 0 atom stereocenters. The third kappa shape index (κ3) is 2.38. The van der Waals surface area contributed by atoms with Gasteiger partial charge in [-0.2, -0.15) is 0 Å². The summed E-state index contributed by atoms with van der Waals surface area (Å²) in [5, 5.41) is 3.77. The molecular formula is C14H25N. The van der Waals surface area contributed by atoms with Crippen LogP contribution in [0.25, 0.3) is 0 Å². The van der Waals surface area contributed by atoms with Crippen molar-refractivity contribution < 1.29 is 0 Å². The lowest BCUT2D eigenvalue weighted by Gasteiger charge is -2.44. The van der Waals surface area contributed by atoms with Crippen LogP contribution in [0.4, 0.5) is 0 Å². The molecule has 3 saturated carbocycles. The monoisotopic (exact) mass is 207 g/mol. The molecule has 0 unspecified atom stereocenters. The molecule has 3 fully saturated rings.